The van der Waals surface area contributed by atoms with Gasteiger partial charge < -0.3 is 20.9 Å². The first kappa shape index (κ1) is 18.3. The fourth-order valence-corrected chi connectivity index (χ4v) is 2.58. The molecule has 0 aliphatic carbocycles. The van der Waals surface area contributed by atoms with Crippen LogP contribution < -0.4 is 16.0 Å². The van der Waals surface area contributed by atoms with E-state index in [1.165, 1.54) is 0 Å². The number of nitrogens with one attached hydrogen (secondary N) is 3. The minimum absolute atomic E-state index is 0.0454. The summed E-state index contributed by atoms with van der Waals surface area (Å²) in [5.74, 6) is 0.0454. The van der Waals surface area contributed by atoms with Crippen molar-refractivity contribution in [1.82, 2.24) is 10.2 Å². The first-order chi connectivity index (χ1) is 11.5. The number of benzene rings is 1. The van der Waals surface area contributed by atoms with E-state index in [1.54, 1.807) is 0 Å². The number of unbranched alkanes of at least 4 members (excludes halogenated alkanes) is 1. The van der Waals surface area contributed by atoms with Gasteiger partial charge in [-0.15, -0.1) is 0 Å². The number of fused-ring (bicyclic) bond motifs is 1. The third-order valence-electron chi connectivity index (χ3n) is 4.36. The molecule has 1 aromatic rings. The largest absolute Gasteiger partial charge is 0.338 e. The van der Waals surface area contributed by atoms with Gasteiger partial charge in [0, 0.05) is 30.4 Å². The second-order valence-corrected chi connectivity index (χ2v) is 6.58. The number of rotatable bonds is 7. The molecule has 0 atom stereocenters. The van der Waals surface area contributed by atoms with E-state index in [4.69, 9.17) is 0 Å². The molecule has 1 aromatic carbocycles. The van der Waals surface area contributed by atoms with Crippen molar-refractivity contribution < 1.29 is 9.59 Å². The van der Waals surface area contributed by atoms with Crippen molar-refractivity contribution in [2.24, 2.45) is 0 Å². The highest BCUT2D eigenvalue weighted by Gasteiger charge is 2.15. The molecule has 0 saturated carbocycles. The zero-order chi connectivity index (χ0) is 17.5. The Bertz CT molecular complexity index is 586. The fourth-order valence-electron chi connectivity index (χ4n) is 2.58. The van der Waals surface area contributed by atoms with E-state index in [1.807, 2.05) is 18.2 Å². The van der Waals surface area contributed by atoms with Crippen molar-refractivity contribution >= 4 is 23.3 Å². The van der Waals surface area contributed by atoms with E-state index in [0.717, 1.165) is 36.3 Å². The van der Waals surface area contributed by atoms with E-state index in [2.05, 4.69) is 41.7 Å². The van der Waals surface area contributed by atoms with Gasteiger partial charge in [0.1, 0.15) is 0 Å². The first-order valence-electron chi connectivity index (χ1n) is 8.63. The monoisotopic (exact) mass is 332 g/mol. The van der Waals surface area contributed by atoms with Gasteiger partial charge in [0.25, 0.3) is 0 Å². The van der Waals surface area contributed by atoms with E-state index in [-0.39, 0.29) is 11.9 Å². The highest BCUT2D eigenvalue weighted by molar-refractivity contribution is 5.95. The summed E-state index contributed by atoms with van der Waals surface area (Å²) in [6, 6.07) is 5.93. The molecule has 0 saturated heterocycles. The van der Waals surface area contributed by atoms with Gasteiger partial charge in [-0.1, -0.05) is 0 Å². The Morgan fingerprint density at radius 2 is 2.08 bits per heavy atom. The Hall–Kier alpha value is -2.08. The minimum atomic E-state index is -0.188. The molecule has 24 heavy (non-hydrogen) atoms. The second-order valence-electron chi connectivity index (χ2n) is 6.58. The van der Waals surface area contributed by atoms with Crippen molar-refractivity contribution in [2.75, 3.05) is 30.8 Å². The summed E-state index contributed by atoms with van der Waals surface area (Å²) in [7, 11) is 2.11. The number of amides is 3. The first-order valence-corrected chi connectivity index (χ1v) is 8.63. The Morgan fingerprint density at radius 3 is 2.83 bits per heavy atom. The van der Waals surface area contributed by atoms with Crippen molar-refractivity contribution in [1.29, 1.82) is 0 Å². The molecule has 3 N–H and O–H groups in total. The Morgan fingerprint density at radius 1 is 1.29 bits per heavy atom. The molecule has 0 radical (unpaired) electrons. The van der Waals surface area contributed by atoms with Crippen LogP contribution in [0.5, 0.6) is 0 Å². The van der Waals surface area contributed by atoms with Gasteiger partial charge in [0.15, 0.2) is 0 Å². The molecule has 1 heterocycles. The number of nitrogens with zero attached hydrogens (tertiary/aromatic N) is 1. The van der Waals surface area contributed by atoms with Gasteiger partial charge in [-0.25, -0.2) is 4.79 Å². The number of anilines is 2. The van der Waals surface area contributed by atoms with E-state index < -0.39 is 0 Å². The number of carbonyl (C=O) groups excluding carboxylic acids is 2. The van der Waals surface area contributed by atoms with Crippen LogP contribution in [0.4, 0.5) is 16.2 Å². The molecule has 0 bridgehead atoms. The molecular weight excluding hydrogens is 304 g/mol. The lowest BCUT2D eigenvalue weighted by molar-refractivity contribution is -0.116. The zero-order valence-electron chi connectivity index (χ0n) is 14.8. The maximum absolute atomic E-state index is 11.9. The minimum Gasteiger partial charge on any atom is -0.338 e. The lowest BCUT2D eigenvalue weighted by Gasteiger charge is -2.20. The van der Waals surface area contributed by atoms with E-state index in [9.17, 15) is 9.59 Å². The van der Waals surface area contributed by atoms with Gasteiger partial charge in [-0.05, 0) is 70.5 Å². The average Bonchev–Trinajstić information content (AvgIpc) is 2.54. The normalized spacial score (nSPS) is 13.6. The summed E-state index contributed by atoms with van der Waals surface area (Å²) >= 11 is 0. The summed E-state index contributed by atoms with van der Waals surface area (Å²) in [6.45, 7) is 6.06. The molecule has 1 aliphatic heterocycles. The summed E-state index contributed by atoms with van der Waals surface area (Å²) in [4.78, 5) is 25.6. The predicted molar refractivity (Wildman–Crippen MR) is 97.4 cm³/mol. The number of carbonyl (C=O) groups is 2. The highest BCUT2D eigenvalue weighted by Crippen LogP contribution is 2.25. The number of hydrogen-bond acceptors (Lipinski definition) is 3. The third-order valence-corrected chi connectivity index (χ3v) is 4.36. The molecule has 0 aromatic heterocycles. The van der Waals surface area contributed by atoms with E-state index in [0.29, 0.717) is 25.4 Å². The van der Waals surface area contributed by atoms with Crippen LogP contribution in [-0.4, -0.2) is 43.0 Å². The second kappa shape index (κ2) is 8.68. The molecule has 6 heteroatoms. The Labute approximate surface area is 144 Å². The Kier molecular flexibility index (Phi) is 6.61. The van der Waals surface area contributed by atoms with Crippen LogP contribution in [-0.2, 0) is 11.2 Å². The summed E-state index contributed by atoms with van der Waals surface area (Å²) < 4.78 is 0. The van der Waals surface area contributed by atoms with Crippen LogP contribution >= 0.6 is 0 Å². The SMILES string of the molecule is CC(C)N(C)CCCCNC(=O)Nc1ccc2c(c1)CCC(=O)N2. The van der Waals surface area contributed by atoms with Crippen LogP contribution in [0.15, 0.2) is 18.2 Å². The molecule has 0 spiro atoms. The van der Waals surface area contributed by atoms with Crippen LogP contribution in [0.3, 0.4) is 0 Å². The fraction of sp³-hybridized carbons (Fsp3) is 0.556. The summed E-state index contributed by atoms with van der Waals surface area (Å²) in [6.07, 6.45) is 3.23. The van der Waals surface area contributed by atoms with Gasteiger partial charge in [0.05, 0.1) is 0 Å². The molecule has 3 amide bonds. The summed E-state index contributed by atoms with van der Waals surface area (Å²) in [5, 5.41) is 8.57. The predicted octanol–water partition coefficient (Wildman–Crippen LogP) is 2.81. The number of hydrogen-bond donors (Lipinski definition) is 3. The topological polar surface area (TPSA) is 73.5 Å². The average molecular weight is 332 g/mol. The maximum atomic E-state index is 11.9. The standard InChI is InChI=1S/C18H28N4O2/c1-13(2)22(3)11-5-4-10-19-18(24)20-15-7-8-16-14(12-15)6-9-17(23)21-16/h7-8,12-13H,4-6,9-11H2,1-3H3,(H,21,23)(H2,19,20,24). The molecule has 2 rings (SSSR count). The molecular formula is C18H28N4O2. The summed E-state index contributed by atoms with van der Waals surface area (Å²) in [5.41, 5.74) is 2.65. The number of urea groups is 1. The van der Waals surface area contributed by atoms with Crippen LogP contribution in [0.25, 0.3) is 0 Å². The molecule has 6 nitrogen and oxygen atoms in total. The highest BCUT2D eigenvalue weighted by atomic mass is 16.2. The zero-order valence-corrected chi connectivity index (χ0v) is 14.8. The van der Waals surface area contributed by atoms with Gasteiger partial charge in [0.2, 0.25) is 5.91 Å². The lowest BCUT2D eigenvalue weighted by Crippen LogP contribution is -2.31. The van der Waals surface area contributed by atoms with Gasteiger partial charge >= 0.3 is 6.03 Å². The molecule has 1 aliphatic rings. The lowest BCUT2D eigenvalue weighted by atomic mass is 10.0. The van der Waals surface area contributed by atoms with Gasteiger partial charge in [-0.2, -0.15) is 0 Å². The van der Waals surface area contributed by atoms with Crippen molar-refractivity contribution in [3.8, 4) is 0 Å². The van der Waals surface area contributed by atoms with Crippen molar-refractivity contribution in [2.45, 2.75) is 45.6 Å². The van der Waals surface area contributed by atoms with Crippen molar-refractivity contribution in [3.63, 3.8) is 0 Å². The third kappa shape index (κ3) is 5.53. The van der Waals surface area contributed by atoms with Crippen molar-refractivity contribution in [3.05, 3.63) is 23.8 Å². The molecule has 0 unspecified atom stereocenters. The van der Waals surface area contributed by atoms with Crippen LogP contribution in [0.1, 0.15) is 38.7 Å². The number of aryl methyl sites for hydroxylation is 1. The Balaban J connectivity index is 1.70. The van der Waals surface area contributed by atoms with Gasteiger partial charge in [-0.3, -0.25) is 4.79 Å². The quantitative estimate of drug-likeness (QED) is 0.672. The van der Waals surface area contributed by atoms with E-state index >= 15 is 0 Å². The van der Waals surface area contributed by atoms with Crippen LogP contribution in [0, 0.1) is 0 Å². The molecule has 0 fully saturated rings. The molecule has 132 valence electrons. The smallest absolute Gasteiger partial charge is 0.319 e. The maximum Gasteiger partial charge on any atom is 0.319 e. The van der Waals surface area contributed by atoms with Crippen LogP contribution in [0.2, 0.25) is 0 Å².